The summed E-state index contributed by atoms with van der Waals surface area (Å²) in [5, 5.41) is 0. The van der Waals surface area contributed by atoms with Gasteiger partial charge in [0.05, 0.1) is 14.0 Å². The second-order valence-corrected chi connectivity index (χ2v) is 11.4. The Kier molecular flexibility index (Phi) is 9.86. The van der Waals surface area contributed by atoms with E-state index in [-0.39, 0.29) is 39.9 Å². The Morgan fingerprint density at radius 1 is 0.895 bits per heavy atom. The monoisotopic (exact) mass is 764 g/mol. The minimum Gasteiger partial charge on any atom is -0.429 e. The van der Waals surface area contributed by atoms with E-state index in [1.165, 1.54) is 43.3 Å². The van der Waals surface area contributed by atoms with Crippen LogP contribution in [0.25, 0.3) is 0 Å². The minimum absolute atomic E-state index is 0.0374. The Bertz CT molecular complexity index is 1500. The quantitative estimate of drug-likeness (QED) is 0.0774. The van der Waals surface area contributed by atoms with Crippen LogP contribution in [-0.2, 0) is 26.3 Å². The molecule has 1 N–H and O–H groups in total. The zero-order valence-corrected chi connectivity index (χ0v) is 24.6. The molecular formula is C25H18I2O10S. The molecule has 0 aliphatic heterocycles. The summed E-state index contributed by atoms with van der Waals surface area (Å²) in [7, 11) is -4.41. The van der Waals surface area contributed by atoms with Crippen LogP contribution in [0.1, 0.15) is 22.8 Å². The fourth-order valence-corrected chi connectivity index (χ4v) is 5.34. The van der Waals surface area contributed by atoms with Crippen LogP contribution in [0.15, 0.2) is 77.7 Å². The predicted octanol–water partition coefficient (Wildman–Crippen LogP) is 5.56. The molecule has 0 amide bonds. The summed E-state index contributed by atoms with van der Waals surface area (Å²) < 4.78 is 53.8. The lowest BCUT2D eigenvalue weighted by Gasteiger charge is -2.13. The molecule has 198 valence electrons. The summed E-state index contributed by atoms with van der Waals surface area (Å²) in [6, 6.07) is 13.6. The lowest BCUT2D eigenvalue weighted by Crippen LogP contribution is -2.14. The van der Waals surface area contributed by atoms with Gasteiger partial charge >= 0.3 is 18.1 Å². The molecule has 0 saturated heterocycles. The van der Waals surface area contributed by atoms with E-state index >= 15 is 0 Å². The zero-order valence-electron chi connectivity index (χ0n) is 19.5. The van der Waals surface area contributed by atoms with Gasteiger partial charge in [-0.2, -0.15) is 8.42 Å². The maximum Gasteiger partial charge on any atom is 0.514 e. The van der Waals surface area contributed by atoms with Crippen LogP contribution in [0, 0.1) is 7.14 Å². The first-order chi connectivity index (χ1) is 17.8. The van der Waals surface area contributed by atoms with E-state index in [1.54, 1.807) is 12.1 Å². The largest absolute Gasteiger partial charge is 0.514 e. The van der Waals surface area contributed by atoms with Gasteiger partial charge in [0.25, 0.3) is 10.1 Å². The van der Waals surface area contributed by atoms with E-state index in [4.69, 9.17) is 23.5 Å². The highest BCUT2D eigenvalue weighted by Crippen LogP contribution is 2.30. The van der Waals surface area contributed by atoms with Crippen molar-refractivity contribution < 1.29 is 46.3 Å². The van der Waals surface area contributed by atoms with Crippen LogP contribution in [0.2, 0.25) is 0 Å². The summed E-state index contributed by atoms with van der Waals surface area (Å²) in [5.74, 6) is -0.848. The van der Waals surface area contributed by atoms with Gasteiger partial charge in [-0.15, -0.1) is 0 Å². The van der Waals surface area contributed by atoms with Crippen molar-refractivity contribution in [1.29, 1.82) is 0 Å². The standard InChI is InChI=1S/C25H18I2O10S/c1-14(2)23(28)35-18-5-7-19(8-6-18)36-25(30)34-13-16-11-17(26)12-21(27)22(16)37-24(29)15-3-9-20(10-4-15)38(31,32)33/h3-12H,1,13H2,2H3,(H,31,32,33). The Morgan fingerprint density at radius 3 is 2.03 bits per heavy atom. The SMILES string of the molecule is C=C(C)C(=O)Oc1ccc(OC(=O)OCc2cc(I)cc(I)c2OC(=O)c2ccc(S(=O)(=O)O)cc2)cc1. The molecule has 0 radical (unpaired) electrons. The molecule has 3 aromatic carbocycles. The highest BCUT2D eigenvalue weighted by atomic mass is 127. The van der Waals surface area contributed by atoms with Gasteiger partial charge in [-0.05, 0) is 113 Å². The number of esters is 2. The molecule has 0 saturated carbocycles. The number of hydrogen-bond acceptors (Lipinski definition) is 9. The summed E-state index contributed by atoms with van der Waals surface area (Å²) in [6.45, 7) is 4.72. The third-order valence-electron chi connectivity index (χ3n) is 4.60. The molecule has 0 aliphatic carbocycles. The number of halogens is 2. The predicted molar refractivity (Wildman–Crippen MR) is 151 cm³/mol. The topological polar surface area (TPSA) is 142 Å². The number of hydrogen-bond donors (Lipinski definition) is 1. The van der Waals surface area contributed by atoms with Gasteiger partial charge in [-0.1, -0.05) is 6.58 Å². The van der Waals surface area contributed by atoms with E-state index in [0.717, 1.165) is 15.7 Å². The summed E-state index contributed by atoms with van der Waals surface area (Å²) in [6.07, 6.45) is -1.02. The number of ether oxygens (including phenoxy) is 4. The van der Waals surface area contributed by atoms with E-state index < -0.39 is 28.2 Å². The van der Waals surface area contributed by atoms with Crippen LogP contribution >= 0.6 is 45.2 Å². The van der Waals surface area contributed by atoms with Crippen molar-refractivity contribution in [3.8, 4) is 17.2 Å². The smallest absolute Gasteiger partial charge is 0.429 e. The average molecular weight is 764 g/mol. The van der Waals surface area contributed by atoms with E-state index in [1.807, 2.05) is 22.6 Å². The van der Waals surface area contributed by atoms with Gasteiger partial charge in [0, 0.05) is 14.7 Å². The van der Waals surface area contributed by atoms with E-state index in [0.29, 0.717) is 9.13 Å². The molecule has 0 spiro atoms. The first-order valence-electron chi connectivity index (χ1n) is 10.4. The lowest BCUT2D eigenvalue weighted by molar-refractivity contribution is -0.130. The first kappa shape index (κ1) is 29.5. The van der Waals surface area contributed by atoms with Crippen molar-refractivity contribution in [3.05, 3.63) is 91.1 Å². The number of carbonyl (C=O) groups is 3. The molecule has 0 atom stereocenters. The van der Waals surface area contributed by atoms with Crippen molar-refractivity contribution in [2.75, 3.05) is 0 Å². The van der Waals surface area contributed by atoms with Gasteiger partial charge < -0.3 is 18.9 Å². The number of rotatable bonds is 8. The van der Waals surface area contributed by atoms with Crippen molar-refractivity contribution in [3.63, 3.8) is 0 Å². The molecule has 0 aliphatic rings. The van der Waals surface area contributed by atoms with Crippen molar-refractivity contribution >= 4 is 73.4 Å². The van der Waals surface area contributed by atoms with Crippen LogP contribution in [0.3, 0.4) is 0 Å². The summed E-state index contributed by atoms with van der Waals surface area (Å²) >= 11 is 4.02. The molecule has 10 nitrogen and oxygen atoms in total. The van der Waals surface area contributed by atoms with Crippen molar-refractivity contribution in [2.24, 2.45) is 0 Å². The maximum atomic E-state index is 12.7. The number of carbonyl (C=O) groups excluding carboxylic acids is 3. The van der Waals surface area contributed by atoms with Crippen LogP contribution in [0.5, 0.6) is 17.2 Å². The second-order valence-electron chi connectivity index (χ2n) is 7.55. The van der Waals surface area contributed by atoms with Crippen molar-refractivity contribution in [1.82, 2.24) is 0 Å². The Labute approximate surface area is 245 Å². The first-order valence-corrected chi connectivity index (χ1v) is 14.0. The lowest BCUT2D eigenvalue weighted by atomic mass is 10.2. The van der Waals surface area contributed by atoms with Crippen LogP contribution < -0.4 is 14.2 Å². The van der Waals surface area contributed by atoms with Crippen LogP contribution in [0.4, 0.5) is 4.79 Å². The highest BCUT2D eigenvalue weighted by Gasteiger charge is 2.19. The maximum absolute atomic E-state index is 12.7. The summed E-state index contributed by atoms with van der Waals surface area (Å²) in [5.41, 5.74) is 0.651. The third kappa shape index (κ3) is 8.24. The van der Waals surface area contributed by atoms with Gasteiger partial charge in [0.15, 0.2) is 5.75 Å². The molecule has 3 rings (SSSR count). The Balaban J connectivity index is 1.67. The molecule has 38 heavy (non-hydrogen) atoms. The average Bonchev–Trinajstić information content (AvgIpc) is 2.85. The number of benzene rings is 3. The fourth-order valence-electron chi connectivity index (χ4n) is 2.78. The third-order valence-corrected chi connectivity index (χ3v) is 6.89. The molecular weight excluding hydrogens is 746 g/mol. The normalized spacial score (nSPS) is 10.8. The Morgan fingerprint density at radius 2 is 1.47 bits per heavy atom. The minimum atomic E-state index is -4.41. The highest BCUT2D eigenvalue weighted by molar-refractivity contribution is 14.1. The second kappa shape index (κ2) is 12.7. The van der Waals surface area contributed by atoms with E-state index in [9.17, 15) is 22.8 Å². The van der Waals surface area contributed by atoms with Crippen LogP contribution in [-0.4, -0.2) is 31.1 Å². The Hall–Kier alpha value is -3.02. The molecule has 0 aromatic heterocycles. The fraction of sp³-hybridized carbons (Fsp3) is 0.0800. The zero-order chi connectivity index (χ0) is 28.0. The van der Waals surface area contributed by atoms with Crippen molar-refractivity contribution in [2.45, 2.75) is 18.4 Å². The molecule has 0 fully saturated rings. The summed E-state index contributed by atoms with van der Waals surface area (Å²) in [4.78, 5) is 36.1. The van der Waals surface area contributed by atoms with E-state index in [2.05, 4.69) is 29.2 Å². The molecule has 0 unspecified atom stereocenters. The molecule has 13 heteroatoms. The van der Waals surface area contributed by atoms with Gasteiger partial charge in [0.2, 0.25) is 0 Å². The molecule has 3 aromatic rings. The van der Waals surface area contributed by atoms with Gasteiger partial charge in [-0.3, -0.25) is 4.55 Å². The van der Waals surface area contributed by atoms with Gasteiger partial charge in [0.1, 0.15) is 18.1 Å². The van der Waals surface area contributed by atoms with Gasteiger partial charge in [-0.25, -0.2) is 14.4 Å². The molecule has 0 bridgehead atoms. The molecule has 0 heterocycles.